The van der Waals surface area contributed by atoms with E-state index in [9.17, 15) is 9.59 Å². The Morgan fingerprint density at radius 2 is 2.16 bits per heavy atom. The monoisotopic (exact) mass is 345 g/mol. The van der Waals surface area contributed by atoms with Crippen molar-refractivity contribution in [3.63, 3.8) is 0 Å². The second-order valence-electron chi connectivity index (χ2n) is 4.55. The van der Waals surface area contributed by atoms with E-state index in [1.165, 1.54) is 0 Å². The minimum absolute atomic E-state index is 0.211. The zero-order chi connectivity index (χ0) is 14.0. The first-order valence-corrected chi connectivity index (χ1v) is 7.13. The molecule has 1 heterocycles. The number of carboxylic acid groups (broad SMARTS) is 1. The molecular weight excluding hydrogens is 334 g/mol. The molecule has 4 nitrogen and oxygen atoms in total. The summed E-state index contributed by atoms with van der Waals surface area (Å²) in [5.41, 5.74) is 0.405. The largest absolute Gasteiger partial charge is 0.481 e. The molecule has 2 rings (SSSR count). The number of amides is 1. The highest BCUT2D eigenvalue weighted by molar-refractivity contribution is 9.10. The molecule has 102 valence electrons. The molecule has 1 atom stereocenters. The van der Waals surface area contributed by atoms with Gasteiger partial charge in [0.15, 0.2) is 0 Å². The molecule has 0 radical (unpaired) electrons. The van der Waals surface area contributed by atoms with E-state index >= 15 is 0 Å². The number of carboxylic acids is 1. The molecule has 1 fully saturated rings. The van der Waals surface area contributed by atoms with Crippen LogP contribution in [0, 0.1) is 5.92 Å². The minimum Gasteiger partial charge on any atom is -0.481 e. The van der Waals surface area contributed by atoms with E-state index in [1.54, 1.807) is 23.1 Å². The fourth-order valence-corrected chi connectivity index (χ4v) is 2.75. The van der Waals surface area contributed by atoms with Gasteiger partial charge in [-0.15, -0.1) is 0 Å². The van der Waals surface area contributed by atoms with Crippen LogP contribution in [0.4, 0.5) is 0 Å². The van der Waals surface area contributed by atoms with Crippen molar-refractivity contribution in [1.82, 2.24) is 4.90 Å². The van der Waals surface area contributed by atoms with Crippen LogP contribution in [0.25, 0.3) is 0 Å². The maximum absolute atomic E-state index is 12.4. The number of piperidine rings is 1. The smallest absolute Gasteiger partial charge is 0.308 e. The van der Waals surface area contributed by atoms with Crippen molar-refractivity contribution >= 4 is 39.4 Å². The maximum atomic E-state index is 12.4. The Morgan fingerprint density at radius 1 is 1.42 bits per heavy atom. The number of rotatable bonds is 2. The lowest BCUT2D eigenvalue weighted by Crippen LogP contribution is -2.42. The molecule has 0 aliphatic carbocycles. The van der Waals surface area contributed by atoms with Crippen LogP contribution in [0.15, 0.2) is 22.7 Å². The van der Waals surface area contributed by atoms with Gasteiger partial charge < -0.3 is 10.0 Å². The number of aliphatic carboxylic acids is 1. The van der Waals surface area contributed by atoms with Crippen LogP contribution < -0.4 is 0 Å². The Balaban J connectivity index is 2.19. The second kappa shape index (κ2) is 5.92. The summed E-state index contributed by atoms with van der Waals surface area (Å²) in [5, 5.41) is 9.42. The van der Waals surface area contributed by atoms with Gasteiger partial charge in [0.1, 0.15) is 0 Å². The molecule has 0 saturated carbocycles. The minimum atomic E-state index is -0.849. The molecule has 1 aliphatic heterocycles. The summed E-state index contributed by atoms with van der Waals surface area (Å²) in [7, 11) is 0. The molecule has 0 aromatic heterocycles. The van der Waals surface area contributed by atoms with Crippen LogP contribution >= 0.6 is 27.5 Å². The van der Waals surface area contributed by atoms with Crippen LogP contribution in [0.5, 0.6) is 0 Å². The Morgan fingerprint density at radius 3 is 2.84 bits per heavy atom. The third-order valence-corrected chi connectivity index (χ3v) is 4.04. The first-order chi connectivity index (χ1) is 8.99. The average Bonchev–Trinajstić information content (AvgIpc) is 2.41. The summed E-state index contributed by atoms with van der Waals surface area (Å²) in [6.45, 7) is 0.822. The number of carbonyl (C=O) groups is 2. The van der Waals surface area contributed by atoms with Crippen molar-refractivity contribution in [2.24, 2.45) is 5.92 Å². The molecule has 1 unspecified atom stereocenters. The first-order valence-electron chi connectivity index (χ1n) is 5.96. The van der Waals surface area contributed by atoms with E-state index in [1.807, 2.05) is 0 Å². The lowest BCUT2D eigenvalue weighted by molar-refractivity contribution is -0.143. The van der Waals surface area contributed by atoms with Crippen molar-refractivity contribution in [3.8, 4) is 0 Å². The number of carbonyl (C=O) groups excluding carboxylic acids is 1. The standard InChI is InChI=1S/C13H13BrClNO3/c14-9-3-4-11(15)10(6-9)12(17)16-5-1-2-8(7-16)13(18)19/h3-4,6,8H,1-2,5,7H2,(H,18,19). The van der Waals surface area contributed by atoms with Crippen LogP contribution in [0.3, 0.4) is 0 Å². The Labute approximate surface area is 124 Å². The highest BCUT2D eigenvalue weighted by Crippen LogP contribution is 2.25. The summed E-state index contributed by atoms with van der Waals surface area (Å²) in [6.07, 6.45) is 1.32. The van der Waals surface area contributed by atoms with Crippen LogP contribution in [0.2, 0.25) is 5.02 Å². The van der Waals surface area contributed by atoms with Gasteiger partial charge in [-0.1, -0.05) is 27.5 Å². The van der Waals surface area contributed by atoms with Crippen LogP contribution in [-0.4, -0.2) is 35.0 Å². The molecule has 1 aromatic carbocycles. The molecule has 6 heteroatoms. The van der Waals surface area contributed by atoms with Gasteiger partial charge in [0, 0.05) is 17.6 Å². The van der Waals surface area contributed by atoms with Gasteiger partial charge in [-0.2, -0.15) is 0 Å². The summed E-state index contributed by atoms with van der Waals surface area (Å²) in [6, 6.07) is 5.07. The fraction of sp³-hybridized carbons (Fsp3) is 0.385. The van der Waals surface area contributed by atoms with Crippen molar-refractivity contribution in [1.29, 1.82) is 0 Å². The number of benzene rings is 1. The molecule has 1 amide bonds. The van der Waals surface area contributed by atoms with Gasteiger partial charge in [-0.25, -0.2) is 0 Å². The predicted molar refractivity (Wildman–Crippen MR) is 75.4 cm³/mol. The number of halogens is 2. The Hall–Kier alpha value is -1.07. The van der Waals surface area contributed by atoms with Gasteiger partial charge in [-0.3, -0.25) is 9.59 Å². The third kappa shape index (κ3) is 3.28. The predicted octanol–water partition coefficient (Wildman–Crippen LogP) is 3.04. The maximum Gasteiger partial charge on any atom is 0.308 e. The summed E-state index contributed by atoms with van der Waals surface area (Å²) in [4.78, 5) is 24.9. The quantitative estimate of drug-likeness (QED) is 0.895. The van der Waals surface area contributed by atoms with E-state index in [0.717, 1.165) is 4.47 Å². The third-order valence-electron chi connectivity index (χ3n) is 3.22. The van der Waals surface area contributed by atoms with Gasteiger partial charge in [-0.05, 0) is 31.0 Å². The van der Waals surface area contributed by atoms with Crippen LogP contribution in [0.1, 0.15) is 23.2 Å². The van der Waals surface area contributed by atoms with Gasteiger partial charge in [0.05, 0.1) is 16.5 Å². The zero-order valence-corrected chi connectivity index (χ0v) is 12.4. The average molecular weight is 347 g/mol. The van der Waals surface area contributed by atoms with E-state index in [2.05, 4.69) is 15.9 Å². The van der Waals surface area contributed by atoms with Gasteiger partial charge >= 0.3 is 5.97 Å². The molecule has 1 N–H and O–H groups in total. The SMILES string of the molecule is O=C(O)C1CCCN(C(=O)c2cc(Br)ccc2Cl)C1. The fourth-order valence-electron chi connectivity index (χ4n) is 2.19. The molecular formula is C13H13BrClNO3. The molecule has 1 aliphatic rings. The van der Waals surface area contributed by atoms with Crippen molar-refractivity contribution < 1.29 is 14.7 Å². The zero-order valence-electron chi connectivity index (χ0n) is 10.1. The van der Waals surface area contributed by atoms with E-state index in [0.29, 0.717) is 30.0 Å². The van der Waals surface area contributed by atoms with Crippen molar-refractivity contribution in [2.45, 2.75) is 12.8 Å². The summed E-state index contributed by atoms with van der Waals surface area (Å²) in [5.74, 6) is -1.54. The van der Waals surface area contributed by atoms with E-state index < -0.39 is 11.9 Å². The summed E-state index contributed by atoms with van der Waals surface area (Å²) < 4.78 is 0.770. The highest BCUT2D eigenvalue weighted by Gasteiger charge is 2.29. The molecule has 1 saturated heterocycles. The highest BCUT2D eigenvalue weighted by atomic mass is 79.9. The summed E-state index contributed by atoms with van der Waals surface area (Å²) >= 11 is 9.32. The Kier molecular flexibility index (Phi) is 4.47. The number of hydrogen-bond donors (Lipinski definition) is 1. The van der Waals surface area contributed by atoms with Crippen molar-refractivity contribution in [2.75, 3.05) is 13.1 Å². The number of hydrogen-bond acceptors (Lipinski definition) is 2. The lowest BCUT2D eigenvalue weighted by Gasteiger charge is -2.31. The number of nitrogens with zero attached hydrogens (tertiary/aromatic N) is 1. The molecule has 0 bridgehead atoms. The first kappa shape index (κ1) is 14.3. The lowest BCUT2D eigenvalue weighted by atomic mass is 9.97. The van der Waals surface area contributed by atoms with Gasteiger partial charge in [0.2, 0.25) is 0 Å². The normalized spacial score (nSPS) is 19.3. The second-order valence-corrected chi connectivity index (χ2v) is 5.88. The van der Waals surface area contributed by atoms with Gasteiger partial charge in [0.25, 0.3) is 5.91 Å². The van der Waals surface area contributed by atoms with Crippen LogP contribution in [-0.2, 0) is 4.79 Å². The molecule has 1 aromatic rings. The molecule has 0 spiro atoms. The van der Waals surface area contributed by atoms with E-state index in [-0.39, 0.29) is 12.5 Å². The topological polar surface area (TPSA) is 57.6 Å². The van der Waals surface area contributed by atoms with E-state index in [4.69, 9.17) is 16.7 Å². The Bertz CT molecular complexity index is 521. The number of likely N-dealkylation sites (tertiary alicyclic amines) is 1. The molecule has 19 heavy (non-hydrogen) atoms. The van der Waals surface area contributed by atoms with Crippen molar-refractivity contribution in [3.05, 3.63) is 33.3 Å².